The lowest BCUT2D eigenvalue weighted by atomic mass is 9.98. The Morgan fingerprint density at radius 3 is 1.38 bits per heavy atom. The molecule has 2 aromatic heterocycles. The molecule has 0 radical (unpaired) electrons. The molecule has 0 spiro atoms. The zero-order valence-electron chi connectivity index (χ0n) is 26.7. The Hall–Kier alpha value is -5.12. The largest absolute Gasteiger partial charge is 0.469 e. The molecular formula is C35H40N4O6. The van der Waals surface area contributed by atoms with Gasteiger partial charge in [-0.25, -0.2) is 0 Å². The molecule has 4 N–H and O–H groups in total. The monoisotopic (exact) mass is 612 g/mol. The highest BCUT2D eigenvalue weighted by molar-refractivity contribution is 6.04. The lowest BCUT2D eigenvalue weighted by Gasteiger charge is -2.08. The summed E-state index contributed by atoms with van der Waals surface area (Å²) >= 11 is 0. The molecule has 2 aliphatic rings. The summed E-state index contributed by atoms with van der Waals surface area (Å²) in [4.78, 5) is 56.2. The van der Waals surface area contributed by atoms with Crippen molar-refractivity contribution < 1.29 is 28.7 Å². The molecule has 2 aliphatic heterocycles. The Kier molecular flexibility index (Phi) is 9.96. The van der Waals surface area contributed by atoms with E-state index < -0.39 is 0 Å². The van der Waals surface area contributed by atoms with Crippen LogP contribution in [-0.4, -0.2) is 47.9 Å². The first-order chi connectivity index (χ1) is 21.4. The Bertz CT molecular complexity index is 1610. The third-order valence-electron chi connectivity index (χ3n) is 8.57. The van der Waals surface area contributed by atoms with Crippen molar-refractivity contribution in [3.63, 3.8) is 0 Å². The van der Waals surface area contributed by atoms with E-state index in [2.05, 4.69) is 33.8 Å². The van der Waals surface area contributed by atoms with Gasteiger partial charge >= 0.3 is 11.9 Å². The summed E-state index contributed by atoms with van der Waals surface area (Å²) in [6, 6.07) is 0. The SMILES string of the molecule is C=CC1=C(C)/C(=C/c2[nH]c(Cc3[nH]c(/C=C4/NC(=O)C(C=C)=C4C)c(C)c3CCC(=O)OC)c(CCC(=O)OC)c2C)NC1=O. The van der Waals surface area contributed by atoms with Crippen LogP contribution in [0.15, 0.2) is 59.0 Å². The van der Waals surface area contributed by atoms with E-state index in [0.717, 1.165) is 56.2 Å². The zero-order chi connectivity index (χ0) is 33.0. The molecular weight excluding hydrogens is 572 g/mol. The van der Waals surface area contributed by atoms with Gasteiger partial charge in [-0.05, 0) is 86.1 Å². The minimum Gasteiger partial charge on any atom is -0.469 e. The fraction of sp³-hybridized carbons (Fsp3) is 0.314. The van der Waals surface area contributed by atoms with E-state index >= 15 is 0 Å². The number of ether oxygens (including phenoxy) is 2. The van der Waals surface area contributed by atoms with Gasteiger partial charge in [-0.1, -0.05) is 25.3 Å². The molecule has 0 aliphatic carbocycles. The molecule has 0 fully saturated rings. The summed E-state index contributed by atoms with van der Waals surface area (Å²) < 4.78 is 9.82. The van der Waals surface area contributed by atoms with Crippen LogP contribution in [-0.2, 0) is 47.9 Å². The molecule has 0 saturated carbocycles. The first-order valence-electron chi connectivity index (χ1n) is 14.7. The molecule has 4 heterocycles. The predicted octanol–water partition coefficient (Wildman–Crippen LogP) is 4.71. The number of methoxy groups -OCH3 is 2. The first-order valence-corrected chi connectivity index (χ1v) is 14.7. The number of H-pyrrole nitrogens is 2. The second-order valence-corrected chi connectivity index (χ2v) is 11.1. The van der Waals surface area contributed by atoms with Gasteiger partial charge in [-0.2, -0.15) is 0 Å². The minimum atomic E-state index is -0.316. The molecule has 0 atom stereocenters. The maximum Gasteiger partial charge on any atom is 0.305 e. The highest BCUT2D eigenvalue weighted by Crippen LogP contribution is 2.31. The number of allylic oxidation sites excluding steroid dienone is 2. The smallest absolute Gasteiger partial charge is 0.305 e. The number of carbonyl (C=O) groups is 4. The van der Waals surface area contributed by atoms with Gasteiger partial charge in [0, 0.05) is 64.6 Å². The molecule has 4 rings (SSSR count). The van der Waals surface area contributed by atoms with Gasteiger partial charge in [-0.15, -0.1) is 0 Å². The molecule has 2 amide bonds. The lowest BCUT2D eigenvalue weighted by molar-refractivity contribution is -0.141. The third kappa shape index (κ3) is 6.69. The number of amides is 2. The van der Waals surface area contributed by atoms with Gasteiger partial charge in [0.15, 0.2) is 0 Å². The van der Waals surface area contributed by atoms with Gasteiger partial charge in [-0.3, -0.25) is 19.2 Å². The van der Waals surface area contributed by atoms with Crippen LogP contribution in [0.4, 0.5) is 0 Å². The fourth-order valence-corrected chi connectivity index (χ4v) is 5.81. The average Bonchev–Trinajstić information content (AvgIpc) is 3.66. The molecule has 236 valence electrons. The van der Waals surface area contributed by atoms with E-state index in [1.54, 1.807) is 12.2 Å². The van der Waals surface area contributed by atoms with Gasteiger partial charge in [0.05, 0.1) is 14.2 Å². The summed E-state index contributed by atoms with van der Waals surface area (Å²) in [5.41, 5.74) is 11.2. The van der Waals surface area contributed by atoms with Crippen LogP contribution in [0, 0.1) is 13.8 Å². The lowest BCUT2D eigenvalue weighted by Crippen LogP contribution is -2.15. The van der Waals surface area contributed by atoms with E-state index in [9.17, 15) is 19.2 Å². The number of rotatable bonds is 12. The van der Waals surface area contributed by atoms with Crippen molar-refractivity contribution >= 4 is 35.9 Å². The summed E-state index contributed by atoms with van der Waals surface area (Å²) in [6.45, 7) is 15.2. The van der Waals surface area contributed by atoms with E-state index in [0.29, 0.717) is 41.8 Å². The fourth-order valence-electron chi connectivity index (χ4n) is 5.81. The topological polar surface area (TPSA) is 142 Å². The Balaban J connectivity index is 1.80. The molecule has 10 heteroatoms. The van der Waals surface area contributed by atoms with Crippen molar-refractivity contribution in [3.05, 3.63) is 104 Å². The van der Waals surface area contributed by atoms with Crippen molar-refractivity contribution in [1.29, 1.82) is 0 Å². The average molecular weight is 613 g/mol. The highest BCUT2D eigenvalue weighted by Gasteiger charge is 2.25. The standard InChI is InChI=1S/C35H40N4O6/c1-9-22-18(3)28(38-34(22)42)15-26-20(5)24(11-13-32(40)44-7)30(36-26)17-31-25(12-14-33(41)45-8)21(6)27(37-31)16-29-19(4)23(10-2)35(43)39-29/h9-10,15-16,36-37H,1-2,11-14,17H2,3-8H3,(H,38,42)(H,39,43)/b28-15-,29-16+. The van der Waals surface area contributed by atoms with Crippen LogP contribution in [0.1, 0.15) is 71.7 Å². The highest BCUT2D eigenvalue weighted by atomic mass is 16.5. The maximum atomic E-state index is 12.4. The van der Waals surface area contributed by atoms with E-state index in [1.165, 1.54) is 14.2 Å². The Labute approximate surface area is 263 Å². The maximum absolute atomic E-state index is 12.4. The van der Waals surface area contributed by atoms with Gasteiger partial charge < -0.3 is 30.1 Å². The number of aromatic amines is 2. The van der Waals surface area contributed by atoms with Crippen LogP contribution in [0.2, 0.25) is 0 Å². The van der Waals surface area contributed by atoms with Crippen LogP contribution in [0.3, 0.4) is 0 Å². The second kappa shape index (κ2) is 13.7. The van der Waals surface area contributed by atoms with Crippen molar-refractivity contribution in [3.8, 4) is 0 Å². The molecule has 0 bridgehead atoms. The van der Waals surface area contributed by atoms with Crippen LogP contribution < -0.4 is 10.6 Å². The summed E-state index contributed by atoms with van der Waals surface area (Å²) in [7, 11) is 2.73. The molecule has 45 heavy (non-hydrogen) atoms. The number of carbonyl (C=O) groups excluding carboxylic acids is 4. The minimum absolute atomic E-state index is 0.196. The van der Waals surface area contributed by atoms with Gasteiger partial charge in [0.25, 0.3) is 11.8 Å². The van der Waals surface area contributed by atoms with Crippen molar-refractivity contribution in [2.75, 3.05) is 14.2 Å². The number of aromatic nitrogens is 2. The predicted molar refractivity (Wildman–Crippen MR) is 173 cm³/mol. The summed E-state index contributed by atoms with van der Waals surface area (Å²) in [5, 5.41) is 5.81. The summed E-state index contributed by atoms with van der Waals surface area (Å²) in [5.74, 6) is -1.04. The number of nitrogens with one attached hydrogen (secondary N) is 4. The normalized spacial score (nSPS) is 16.5. The molecule has 2 aromatic rings. The van der Waals surface area contributed by atoms with Crippen molar-refractivity contribution in [2.24, 2.45) is 0 Å². The van der Waals surface area contributed by atoms with Crippen LogP contribution in [0.25, 0.3) is 12.2 Å². The first kappa shape index (κ1) is 32.8. The van der Waals surface area contributed by atoms with Crippen molar-refractivity contribution in [1.82, 2.24) is 20.6 Å². The van der Waals surface area contributed by atoms with Gasteiger partial charge in [0.1, 0.15) is 0 Å². The number of esters is 2. The Morgan fingerprint density at radius 2 is 1.07 bits per heavy atom. The molecule has 0 aromatic carbocycles. The quantitative estimate of drug-likeness (QED) is 0.256. The number of hydrogen-bond acceptors (Lipinski definition) is 6. The second-order valence-electron chi connectivity index (χ2n) is 11.1. The van der Waals surface area contributed by atoms with E-state index in [4.69, 9.17) is 9.47 Å². The summed E-state index contributed by atoms with van der Waals surface area (Å²) in [6.07, 6.45) is 8.61. The van der Waals surface area contributed by atoms with Gasteiger partial charge in [0.2, 0.25) is 0 Å². The number of hydrogen-bond donors (Lipinski definition) is 4. The van der Waals surface area contributed by atoms with E-state index in [-0.39, 0.29) is 36.6 Å². The van der Waals surface area contributed by atoms with Crippen LogP contribution >= 0.6 is 0 Å². The van der Waals surface area contributed by atoms with Crippen LogP contribution in [0.5, 0.6) is 0 Å². The third-order valence-corrected chi connectivity index (χ3v) is 8.57. The Morgan fingerprint density at radius 1 is 0.689 bits per heavy atom. The molecule has 0 saturated heterocycles. The molecule has 10 nitrogen and oxygen atoms in total. The van der Waals surface area contributed by atoms with Crippen molar-refractivity contribution in [2.45, 2.75) is 59.8 Å². The van der Waals surface area contributed by atoms with E-state index in [1.807, 2.05) is 39.8 Å². The zero-order valence-corrected chi connectivity index (χ0v) is 26.7. The molecule has 0 unspecified atom stereocenters.